The van der Waals surface area contributed by atoms with Gasteiger partial charge in [0.2, 0.25) is 0 Å². The summed E-state index contributed by atoms with van der Waals surface area (Å²) in [5.41, 5.74) is 4.53. The van der Waals surface area contributed by atoms with Gasteiger partial charge in [-0.3, -0.25) is 9.78 Å². The molecular formula is C17H13N5O. The fourth-order valence-electron chi connectivity index (χ4n) is 2.30. The summed E-state index contributed by atoms with van der Waals surface area (Å²) in [6.07, 6.45) is 4.95. The normalized spacial score (nSPS) is 10.7. The molecule has 0 saturated carbocycles. The Morgan fingerprint density at radius 1 is 1.30 bits per heavy atom. The minimum Gasteiger partial charge on any atom is -0.333 e. The number of nitrogens with one attached hydrogen (secondary N) is 1. The zero-order valence-electron chi connectivity index (χ0n) is 12.2. The van der Waals surface area contributed by atoms with Crippen LogP contribution in [0.3, 0.4) is 0 Å². The van der Waals surface area contributed by atoms with E-state index in [2.05, 4.69) is 21.6 Å². The van der Waals surface area contributed by atoms with Crippen molar-refractivity contribution in [3.05, 3.63) is 66.1 Å². The fraction of sp³-hybridized carbons (Fsp3) is 0.0588. The smallest absolute Gasteiger partial charge is 0.289 e. The van der Waals surface area contributed by atoms with Gasteiger partial charge in [0.25, 0.3) is 5.91 Å². The third-order valence-corrected chi connectivity index (χ3v) is 3.33. The largest absolute Gasteiger partial charge is 0.333 e. The number of rotatable bonds is 4. The van der Waals surface area contributed by atoms with Crippen molar-refractivity contribution in [1.82, 2.24) is 15.0 Å². The second kappa shape index (κ2) is 6.54. The van der Waals surface area contributed by atoms with Gasteiger partial charge in [-0.2, -0.15) is 10.4 Å². The molecule has 3 rings (SSSR count). The van der Waals surface area contributed by atoms with Crippen LogP contribution in [0.4, 0.5) is 0 Å². The summed E-state index contributed by atoms with van der Waals surface area (Å²) in [4.78, 5) is 15.8. The Labute approximate surface area is 132 Å². The van der Waals surface area contributed by atoms with Crippen LogP contribution in [0.25, 0.3) is 10.9 Å². The maximum atomic E-state index is 11.9. The molecule has 1 N–H and O–H groups in total. The molecule has 6 nitrogen and oxygen atoms in total. The molecule has 0 radical (unpaired) electrons. The molecule has 0 aliphatic carbocycles. The number of nitrogens with zero attached hydrogens (tertiary/aromatic N) is 4. The molecule has 0 saturated heterocycles. The minimum atomic E-state index is -0.373. The molecule has 0 atom stereocenters. The first kappa shape index (κ1) is 14.5. The molecule has 1 amide bonds. The number of hydrazone groups is 1. The molecule has 6 heteroatoms. The highest BCUT2D eigenvalue weighted by molar-refractivity contribution is 6.00. The zero-order valence-corrected chi connectivity index (χ0v) is 12.2. The molecule has 1 aromatic carbocycles. The number of pyridine rings is 1. The Morgan fingerprint density at radius 3 is 2.91 bits per heavy atom. The molecule has 0 unspecified atom stereocenters. The molecule has 3 aromatic rings. The molecule has 2 aromatic heterocycles. The Hall–Kier alpha value is -3.46. The van der Waals surface area contributed by atoms with Crippen molar-refractivity contribution in [3.8, 4) is 6.07 Å². The number of hydrogen-bond donors (Lipinski definition) is 1. The fourth-order valence-corrected chi connectivity index (χ4v) is 2.30. The summed E-state index contributed by atoms with van der Waals surface area (Å²) in [5.74, 6) is -0.373. The Kier molecular flexibility index (Phi) is 4.11. The van der Waals surface area contributed by atoms with Gasteiger partial charge in [0.1, 0.15) is 12.2 Å². The van der Waals surface area contributed by atoms with E-state index in [1.165, 1.54) is 0 Å². The SMILES string of the molecule is N#CCn1cc(C=NNC(=O)c2ccccn2)c2ccccc21. The van der Waals surface area contributed by atoms with E-state index >= 15 is 0 Å². The van der Waals surface area contributed by atoms with Gasteiger partial charge in [0.05, 0.1) is 12.3 Å². The lowest BCUT2D eigenvalue weighted by Gasteiger charge is -1.97. The van der Waals surface area contributed by atoms with Gasteiger partial charge < -0.3 is 4.57 Å². The number of carbonyl (C=O) groups excluding carboxylic acids is 1. The first-order valence-electron chi connectivity index (χ1n) is 6.99. The molecule has 0 aliphatic heterocycles. The second-order valence-corrected chi connectivity index (χ2v) is 4.80. The number of aromatic nitrogens is 2. The highest BCUT2D eigenvalue weighted by atomic mass is 16.2. The molecule has 0 aliphatic rings. The number of carbonyl (C=O) groups is 1. The van der Waals surface area contributed by atoms with Crippen LogP contribution in [-0.4, -0.2) is 21.7 Å². The van der Waals surface area contributed by atoms with E-state index < -0.39 is 0 Å². The maximum absolute atomic E-state index is 11.9. The van der Waals surface area contributed by atoms with E-state index in [9.17, 15) is 4.79 Å². The number of benzene rings is 1. The van der Waals surface area contributed by atoms with E-state index in [1.807, 2.05) is 35.0 Å². The molecule has 2 heterocycles. The first-order chi connectivity index (χ1) is 11.3. The first-order valence-corrected chi connectivity index (χ1v) is 6.99. The van der Waals surface area contributed by atoms with Crippen molar-refractivity contribution < 1.29 is 4.79 Å². The summed E-state index contributed by atoms with van der Waals surface area (Å²) >= 11 is 0. The van der Waals surface area contributed by atoms with Crippen LogP contribution in [-0.2, 0) is 6.54 Å². The van der Waals surface area contributed by atoms with E-state index in [4.69, 9.17) is 5.26 Å². The highest BCUT2D eigenvalue weighted by Crippen LogP contribution is 2.19. The van der Waals surface area contributed by atoms with Gasteiger partial charge in [-0.1, -0.05) is 24.3 Å². The summed E-state index contributed by atoms with van der Waals surface area (Å²) < 4.78 is 1.84. The van der Waals surface area contributed by atoms with E-state index in [-0.39, 0.29) is 12.5 Å². The van der Waals surface area contributed by atoms with Crippen LogP contribution in [0.5, 0.6) is 0 Å². The number of fused-ring (bicyclic) bond motifs is 1. The number of hydrogen-bond acceptors (Lipinski definition) is 4. The van der Waals surface area contributed by atoms with Gasteiger partial charge in [-0.15, -0.1) is 0 Å². The summed E-state index contributed by atoms with van der Waals surface area (Å²) in [7, 11) is 0. The zero-order chi connectivity index (χ0) is 16.1. The van der Waals surface area contributed by atoms with Crippen molar-refractivity contribution in [2.24, 2.45) is 5.10 Å². The molecule has 112 valence electrons. The molecule has 0 spiro atoms. The Morgan fingerprint density at radius 2 is 2.13 bits per heavy atom. The Balaban J connectivity index is 1.82. The third-order valence-electron chi connectivity index (χ3n) is 3.33. The predicted molar refractivity (Wildman–Crippen MR) is 86.8 cm³/mol. The van der Waals surface area contributed by atoms with Crippen LogP contribution in [0.15, 0.2) is 60.0 Å². The van der Waals surface area contributed by atoms with Gasteiger partial charge in [-0.25, -0.2) is 5.43 Å². The van der Waals surface area contributed by atoms with E-state index in [1.54, 1.807) is 30.6 Å². The van der Waals surface area contributed by atoms with E-state index in [0.717, 1.165) is 16.5 Å². The topological polar surface area (TPSA) is 83.1 Å². The quantitative estimate of drug-likeness (QED) is 0.593. The average molecular weight is 303 g/mol. The predicted octanol–water partition coefficient (Wildman–Crippen LogP) is 2.32. The lowest BCUT2D eigenvalue weighted by Crippen LogP contribution is -2.18. The van der Waals surface area contributed by atoms with Crippen LogP contribution >= 0.6 is 0 Å². The summed E-state index contributed by atoms with van der Waals surface area (Å²) in [6, 6.07) is 14.9. The van der Waals surface area contributed by atoms with Crippen molar-refractivity contribution >= 4 is 23.0 Å². The van der Waals surface area contributed by atoms with Crippen molar-refractivity contribution in [1.29, 1.82) is 5.26 Å². The summed E-state index contributed by atoms with van der Waals surface area (Å²) in [5, 5.41) is 13.8. The molecular weight excluding hydrogens is 290 g/mol. The number of amides is 1. The Bertz CT molecular complexity index is 906. The molecule has 23 heavy (non-hydrogen) atoms. The average Bonchev–Trinajstić information content (AvgIpc) is 2.94. The van der Waals surface area contributed by atoms with Crippen LogP contribution in [0.2, 0.25) is 0 Å². The molecule has 0 fully saturated rings. The third kappa shape index (κ3) is 3.09. The van der Waals surface area contributed by atoms with Gasteiger partial charge in [-0.05, 0) is 18.2 Å². The number of para-hydroxylation sites is 1. The standard InChI is InChI=1S/C17H13N5O/c18-8-10-22-12-13(14-5-1-2-7-16(14)22)11-20-21-17(23)15-6-3-4-9-19-15/h1-7,9,11-12H,10H2,(H,21,23). The lowest BCUT2D eigenvalue weighted by molar-refractivity contribution is 0.0950. The highest BCUT2D eigenvalue weighted by Gasteiger charge is 2.07. The second-order valence-electron chi connectivity index (χ2n) is 4.80. The van der Waals surface area contributed by atoms with Crippen LogP contribution in [0.1, 0.15) is 16.1 Å². The van der Waals surface area contributed by atoms with Gasteiger partial charge >= 0.3 is 0 Å². The lowest BCUT2D eigenvalue weighted by atomic mass is 10.2. The summed E-state index contributed by atoms with van der Waals surface area (Å²) in [6.45, 7) is 0.259. The van der Waals surface area contributed by atoms with Crippen molar-refractivity contribution in [2.45, 2.75) is 6.54 Å². The van der Waals surface area contributed by atoms with Gasteiger partial charge in [0.15, 0.2) is 0 Å². The molecule has 0 bridgehead atoms. The monoisotopic (exact) mass is 303 g/mol. The van der Waals surface area contributed by atoms with Crippen molar-refractivity contribution in [3.63, 3.8) is 0 Å². The van der Waals surface area contributed by atoms with Gasteiger partial charge in [0, 0.05) is 28.9 Å². The van der Waals surface area contributed by atoms with Crippen LogP contribution in [0, 0.1) is 11.3 Å². The maximum Gasteiger partial charge on any atom is 0.289 e. The minimum absolute atomic E-state index is 0.259. The van der Waals surface area contributed by atoms with Crippen molar-refractivity contribution in [2.75, 3.05) is 0 Å². The van der Waals surface area contributed by atoms with E-state index in [0.29, 0.717) is 5.69 Å². The number of nitriles is 1. The van der Waals surface area contributed by atoms with Crippen LogP contribution < -0.4 is 5.43 Å².